The maximum Gasteiger partial charge on any atom is 0.0662 e. The van der Waals surface area contributed by atoms with Gasteiger partial charge in [0.05, 0.1) is 12.7 Å². The van der Waals surface area contributed by atoms with Crippen LogP contribution >= 0.6 is 28.3 Å². The predicted octanol–water partition coefficient (Wildman–Crippen LogP) is 5.28. The van der Waals surface area contributed by atoms with Crippen LogP contribution in [0.3, 0.4) is 0 Å². The van der Waals surface area contributed by atoms with E-state index in [4.69, 9.17) is 0 Å². The zero-order valence-corrected chi connectivity index (χ0v) is 17.0. The van der Waals surface area contributed by atoms with E-state index in [-0.39, 0.29) is 12.4 Å². The number of hydrogen-bond acceptors (Lipinski definition) is 2. The van der Waals surface area contributed by atoms with E-state index in [9.17, 15) is 0 Å². The molecule has 5 heteroatoms. The normalized spacial score (nSPS) is 16.0. The molecule has 3 nitrogen and oxygen atoms in total. The first-order valence-electron chi connectivity index (χ1n) is 8.86. The van der Waals surface area contributed by atoms with E-state index in [2.05, 4.69) is 91.8 Å². The number of nitrogens with zero attached hydrogens (tertiary/aromatic N) is 2. The Hall–Kier alpha value is -1.62. The quantitative estimate of drug-likeness (QED) is 0.594. The number of aromatic nitrogens is 2. The lowest BCUT2D eigenvalue weighted by Gasteiger charge is -2.24. The lowest BCUT2D eigenvalue weighted by molar-refractivity contribution is 0.449. The van der Waals surface area contributed by atoms with Crippen molar-refractivity contribution in [3.8, 4) is 0 Å². The fourth-order valence-corrected chi connectivity index (χ4v) is 4.06. The highest BCUT2D eigenvalue weighted by molar-refractivity contribution is 9.10. The van der Waals surface area contributed by atoms with E-state index in [1.54, 1.807) is 0 Å². The summed E-state index contributed by atoms with van der Waals surface area (Å²) in [5, 5.41) is 8.41. The Morgan fingerprint density at radius 3 is 2.69 bits per heavy atom. The Balaban J connectivity index is 0.00000196. The van der Waals surface area contributed by atoms with Crippen molar-refractivity contribution in [2.24, 2.45) is 0 Å². The third-order valence-corrected chi connectivity index (χ3v) is 5.37. The van der Waals surface area contributed by atoms with E-state index < -0.39 is 0 Å². The Morgan fingerprint density at radius 1 is 1.08 bits per heavy atom. The van der Waals surface area contributed by atoms with Crippen molar-refractivity contribution in [3.63, 3.8) is 0 Å². The molecule has 0 saturated carbocycles. The van der Waals surface area contributed by atoms with E-state index in [1.165, 1.54) is 35.2 Å². The Morgan fingerprint density at radius 2 is 1.88 bits per heavy atom. The van der Waals surface area contributed by atoms with Gasteiger partial charge in [-0.1, -0.05) is 58.4 Å². The largest absolute Gasteiger partial charge is 0.306 e. The fourth-order valence-electron chi connectivity index (χ4n) is 3.61. The highest BCUT2D eigenvalue weighted by atomic mass is 79.9. The van der Waals surface area contributed by atoms with Crippen LogP contribution in [-0.4, -0.2) is 9.78 Å². The molecule has 0 radical (unpaired) electrons. The summed E-state index contributed by atoms with van der Waals surface area (Å²) in [5.74, 6) is 0. The third kappa shape index (κ3) is 4.37. The van der Waals surface area contributed by atoms with Gasteiger partial charge in [-0.3, -0.25) is 4.68 Å². The summed E-state index contributed by atoms with van der Waals surface area (Å²) < 4.78 is 3.31. The van der Waals surface area contributed by atoms with Crippen molar-refractivity contribution < 1.29 is 0 Å². The molecule has 0 fully saturated rings. The molecule has 0 spiro atoms. The van der Waals surface area contributed by atoms with Gasteiger partial charge in [-0.2, -0.15) is 5.10 Å². The molecule has 0 aliphatic heterocycles. The van der Waals surface area contributed by atoms with Gasteiger partial charge in [-0.15, -0.1) is 12.4 Å². The first-order valence-corrected chi connectivity index (χ1v) is 9.65. The smallest absolute Gasteiger partial charge is 0.0662 e. The molecule has 2 aromatic carbocycles. The van der Waals surface area contributed by atoms with Gasteiger partial charge in [0.1, 0.15) is 0 Å². The van der Waals surface area contributed by atoms with Gasteiger partial charge in [0.2, 0.25) is 0 Å². The number of halogens is 2. The molecule has 0 saturated heterocycles. The maximum absolute atomic E-state index is 4.68. The van der Waals surface area contributed by atoms with Crippen LogP contribution in [0.1, 0.15) is 41.3 Å². The molecule has 1 aliphatic carbocycles. The minimum Gasteiger partial charge on any atom is -0.306 e. The Bertz CT molecular complexity index is 847. The molecule has 3 aromatic rings. The molecule has 1 atom stereocenters. The summed E-state index contributed by atoms with van der Waals surface area (Å²) >= 11 is 3.55. The molecule has 26 heavy (non-hydrogen) atoms. The number of rotatable bonds is 5. The average Bonchev–Trinajstić information content (AvgIpc) is 3.04. The van der Waals surface area contributed by atoms with Crippen LogP contribution in [0.25, 0.3) is 0 Å². The van der Waals surface area contributed by atoms with Gasteiger partial charge < -0.3 is 5.32 Å². The molecule has 136 valence electrons. The summed E-state index contributed by atoms with van der Waals surface area (Å²) in [4.78, 5) is 0. The number of fused-ring (bicyclic) bond motifs is 1. The van der Waals surface area contributed by atoms with Gasteiger partial charge >= 0.3 is 0 Å². The Labute approximate surface area is 169 Å². The molecule has 1 aliphatic rings. The minimum absolute atomic E-state index is 0. The van der Waals surface area contributed by atoms with Crippen molar-refractivity contribution in [1.82, 2.24) is 15.1 Å². The molecule has 1 N–H and O–H groups in total. The van der Waals surface area contributed by atoms with Crippen LogP contribution in [-0.2, 0) is 19.5 Å². The number of hydrogen-bond donors (Lipinski definition) is 1. The molecular weight excluding hydrogens is 410 g/mol. The zero-order valence-electron chi connectivity index (χ0n) is 14.6. The minimum atomic E-state index is 0. The molecule has 1 unspecified atom stereocenters. The third-order valence-electron chi connectivity index (χ3n) is 4.88. The van der Waals surface area contributed by atoms with Crippen LogP contribution < -0.4 is 5.32 Å². The van der Waals surface area contributed by atoms with Crippen LogP contribution in [0.15, 0.2) is 65.3 Å². The van der Waals surface area contributed by atoms with E-state index in [0.717, 1.165) is 24.0 Å². The molecule has 1 aromatic heterocycles. The first kappa shape index (κ1) is 19.2. The van der Waals surface area contributed by atoms with Crippen molar-refractivity contribution >= 4 is 28.3 Å². The second-order valence-electron chi connectivity index (χ2n) is 6.65. The SMILES string of the molecule is Brc1cccc(CNC2CCCc3c2cnn3Cc2ccccc2)c1.Cl. The van der Waals surface area contributed by atoms with Crippen LogP contribution in [0, 0.1) is 0 Å². The average molecular weight is 433 g/mol. The van der Waals surface area contributed by atoms with Crippen LogP contribution in [0.2, 0.25) is 0 Å². The van der Waals surface area contributed by atoms with Crippen molar-refractivity contribution in [1.29, 1.82) is 0 Å². The van der Waals surface area contributed by atoms with Gasteiger partial charge in [-0.25, -0.2) is 0 Å². The second-order valence-corrected chi connectivity index (χ2v) is 7.56. The molecule has 1 heterocycles. The van der Waals surface area contributed by atoms with Gasteiger partial charge in [-0.05, 0) is 42.5 Å². The lowest BCUT2D eigenvalue weighted by atomic mass is 9.92. The van der Waals surface area contributed by atoms with Gasteiger partial charge in [0.15, 0.2) is 0 Å². The molecule has 4 rings (SSSR count). The molecular formula is C21H23BrClN3. The van der Waals surface area contributed by atoms with E-state index >= 15 is 0 Å². The van der Waals surface area contributed by atoms with E-state index in [1.807, 2.05) is 0 Å². The highest BCUT2D eigenvalue weighted by Gasteiger charge is 2.23. The van der Waals surface area contributed by atoms with Gasteiger partial charge in [0, 0.05) is 28.3 Å². The fraction of sp³-hybridized carbons (Fsp3) is 0.286. The van der Waals surface area contributed by atoms with Crippen LogP contribution in [0.5, 0.6) is 0 Å². The molecule has 0 bridgehead atoms. The van der Waals surface area contributed by atoms with Crippen LogP contribution in [0.4, 0.5) is 0 Å². The lowest BCUT2D eigenvalue weighted by Crippen LogP contribution is -2.25. The standard InChI is InChI=1S/C21H22BrN3.ClH/c22-18-9-4-8-17(12-18)13-23-20-10-5-11-21-19(20)14-24-25(21)15-16-6-2-1-3-7-16;/h1-4,6-9,12,14,20,23H,5,10-11,13,15H2;1H. The van der Waals surface area contributed by atoms with Crippen molar-refractivity contribution in [3.05, 3.63) is 87.7 Å². The maximum atomic E-state index is 4.68. The Kier molecular flexibility index (Phi) is 6.52. The van der Waals surface area contributed by atoms with Crippen molar-refractivity contribution in [2.75, 3.05) is 0 Å². The summed E-state index contributed by atoms with van der Waals surface area (Å²) in [7, 11) is 0. The summed E-state index contributed by atoms with van der Waals surface area (Å²) in [6.45, 7) is 1.74. The summed E-state index contributed by atoms with van der Waals surface area (Å²) in [6, 6.07) is 19.5. The zero-order chi connectivity index (χ0) is 17.1. The second kappa shape index (κ2) is 8.85. The topological polar surface area (TPSA) is 29.9 Å². The summed E-state index contributed by atoms with van der Waals surface area (Å²) in [6.07, 6.45) is 5.58. The van der Waals surface area contributed by atoms with Crippen molar-refractivity contribution in [2.45, 2.75) is 38.4 Å². The highest BCUT2D eigenvalue weighted by Crippen LogP contribution is 2.30. The first-order chi connectivity index (χ1) is 12.3. The predicted molar refractivity (Wildman–Crippen MR) is 112 cm³/mol. The summed E-state index contributed by atoms with van der Waals surface area (Å²) in [5.41, 5.74) is 5.37. The molecule has 0 amide bonds. The van der Waals surface area contributed by atoms with E-state index in [0.29, 0.717) is 6.04 Å². The number of benzene rings is 2. The monoisotopic (exact) mass is 431 g/mol. The number of nitrogens with one attached hydrogen (secondary N) is 1. The van der Waals surface area contributed by atoms with Gasteiger partial charge in [0.25, 0.3) is 0 Å².